The number of methoxy groups -OCH3 is 1. The van der Waals surface area contributed by atoms with Gasteiger partial charge in [-0.3, -0.25) is 4.79 Å². The molecule has 0 bridgehead atoms. The molecule has 2 nitrogen and oxygen atoms in total. The summed E-state index contributed by atoms with van der Waals surface area (Å²) in [5.74, 6) is -0.205. The molecule has 0 N–H and O–H groups in total. The highest BCUT2D eigenvalue weighted by Gasteiger charge is 2.26. The van der Waals surface area contributed by atoms with Gasteiger partial charge in [-0.15, -0.1) is 0 Å². The van der Waals surface area contributed by atoms with Crippen LogP contribution in [0.15, 0.2) is 42.5 Å². The minimum Gasteiger partial charge on any atom is -0.469 e. The van der Waals surface area contributed by atoms with Crippen LogP contribution in [-0.2, 0) is 21.4 Å². The molecule has 0 unspecified atom stereocenters. The molecule has 0 aliphatic heterocycles. The van der Waals surface area contributed by atoms with Crippen LogP contribution in [0.5, 0.6) is 0 Å². The fourth-order valence-electron chi connectivity index (χ4n) is 3.72. The zero-order chi connectivity index (χ0) is 18.4. The fourth-order valence-corrected chi connectivity index (χ4v) is 3.72. The van der Waals surface area contributed by atoms with E-state index in [1.165, 1.54) is 48.6 Å². The zero-order valence-electron chi connectivity index (χ0n) is 16.2. The maximum absolute atomic E-state index is 11.4. The van der Waals surface area contributed by atoms with Crippen molar-refractivity contribution < 1.29 is 9.53 Å². The van der Waals surface area contributed by atoms with Gasteiger partial charge in [-0.2, -0.15) is 0 Å². The summed E-state index contributed by atoms with van der Waals surface area (Å²) in [7, 11) is 1.42. The second-order valence-corrected chi connectivity index (χ2v) is 6.82. The summed E-state index contributed by atoms with van der Waals surface area (Å²) >= 11 is 0. The topological polar surface area (TPSA) is 26.3 Å². The Morgan fingerprint density at radius 3 is 2.04 bits per heavy atom. The van der Waals surface area contributed by atoms with E-state index in [0.29, 0.717) is 6.42 Å². The van der Waals surface area contributed by atoms with Gasteiger partial charge in [-0.25, -0.2) is 0 Å². The van der Waals surface area contributed by atoms with Crippen LogP contribution in [0.25, 0.3) is 11.1 Å². The molecule has 0 fully saturated rings. The number of rotatable bonds is 7. The lowest BCUT2D eigenvalue weighted by Crippen LogP contribution is -2.23. The molecule has 0 heterocycles. The summed E-state index contributed by atoms with van der Waals surface area (Å²) in [5, 5.41) is 0. The Labute approximate surface area is 152 Å². The van der Waals surface area contributed by atoms with Gasteiger partial charge >= 0.3 is 5.97 Å². The first kappa shape index (κ1) is 19.2. The average Bonchev–Trinajstić information content (AvgIpc) is 2.64. The second-order valence-electron chi connectivity index (χ2n) is 6.82. The Balaban J connectivity index is 2.30. The zero-order valence-corrected chi connectivity index (χ0v) is 16.2. The molecule has 134 valence electrons. The van der Waals surface area contributed by atoms with E-state index in [9.17, 15) is 4.79 Å². The van der Waals surface area contributed by atoms with Crippen molar-refractivity contribution in [1.82, 2.24) is 0 Å². The molecule has 0 aromatic heterocycles. The summed E-state index contributed by atoms with van der Waals surface area (Å²) in [4.78, 5) is 11.4. The molecule has 25 heavy (non-hydrogen) atoms. The molecular formula is C23H30O2. The largest absolute Gasteiger partial charge is 0.469 e. The molecule has 2 rings (SSSR count). The van der Waals surface area contributed by atoms with E-state index in [4.69, 9.17) is 4.74 Å². The lowest BCUT2D eigenvalue weighted by Gasteiger charge is -2.32. The van der Waals surface area contributed by atoms with Gasteiger partial charge in [-0.1, -0.05) is 63.2 Å². The third kappa shape index (κ3) is 4.12. The van der Waals surface area contributed by atoms with Crippen LogP contribution in [0.3, 0.4) is 0 Å². The first-order valence-corrected chi connectivity index (χ1v) is 9.26. The van der Waals surface area contributed by atoms with Gasteiger partial charge in [0, 0.05) is 0 Å². The van der Waals surface area contributed by atoms with Gasteiger partial charge in [0.05, 0.1) is 13.5 Å². The molecule has 0 aliphatic rings. The van der Waals surface area contributed by atoms with Gasteiger partial charge < -0.3 is 4.74 Å². The van der Waals surface area contributed by atoms with Gasteiger partial charge in [0.1, 0.15) is 0 Å². The van der Waals surface area contributed by atoms with Crippen LogP contribution >= 0.6 is 0 Å². The SMILES string of the molecule is CCC(CC)(CC)c1ccc(-c2ccc(CC(=O)OC)cc2)c(C)c1. The van der Waals surface area contributed by atoms with Crippen molar-refractivity contribution in [3.8, 4) is 11.1 Å². The fraction of sp³-hybridized carbons (Fsp3) is 0.435. The van der Waals surface area contributed by atoms with Gasteiger partial charge in [0.2, 0.25) is 0 Å². The highest BCUT2D eigenvalue weighted by atomic mass is 16.5. The number of hydrogen-bond donors (Lipinski definition) is 0. The van der Waals surface area contributed by atoms with Gasteiger partial charge in [-0.05, 0) is 59.4 Å². The lowest BCUT2D eigenvalue weighted by molar-refractivity contribution is -0.139. The number of esters is 1. The highest BCUT2D eigenvalue weighted by Crippen LogP contribution is 2.37. The Morgan fingerprint density at radius 1 is 0.960 bits per heavy atom. The summed E-state index contributed by atoms with van der Waals surface area (Å²) in [6.45, 7) is 9.05. The lowest BCUT2D eigenvalue weighted by atomic mass is 9.73. The van der Waals surface area contributed by atoms with E-state index < -0.39 is 0 Å². The Bertz CT molecular complexity index is 701. The van der Waals surface area contributed by atoms with Crippen LogP contribution in [-0.4, -0.2) is 13.1 Å². The molecular weight excluding hydrogens is 308 g/mol. The number of aryl methyl sites for hydroxylation is 1. The molecule has 0 amide bonds. The summed E-state index contributed by atoms with van der Waals surface area (Å²) in [6.07, 6.45) is 3.82. The van der Waals surface area contributed by atoms with Crippen LogP contribution in [0, 0.1) is 6.92 Å². The predicted octanol–water partition coefficient (Wildman–Crippen LogP) is 5.85. The molecule has 2 heteroatoms. The van der Waals surface area contributed by atoms with Crippen molar-refractivity contribution in [1.29, 1.82) is 0 Å². The van der Waals surface area contributed by atoms with Crippen molar-refractivity contribution in [2.75, 3.05) is 7.11 Å². The van der Waals surface area contributed by atoms with Crippen molar-refractivity contribution in [2.24, 2.45) is 0 Å². The van der Waals surface area contributed by atoms with E-state index in [1.807, 2.05) is 12.1 Å². The van der Waals surface area contributed by atoms with Crippen molar-refractivity contribution >= 4 is 5.97 Å². The maximum Gasteiger partial charge on any atom is 0.309 e. The molecule has 2 aromatic carbocycles. The van der Waals surface area contributed by atoms with Gasteiger partial charge in [0.25, 0.3) is 0 Å². The van der Waals surface area contributed by atoms with E-state index >= 15 is 0 Å². The van der Waals surface area contributed by atoms with Gasteiger partial charge in [0.15, 0.2) is 0 Å². The molecule has 0 atom stereocenters. The van der Waals surface area contributed by atoms with Crippen LogP contribution in [0.1, 0.15) is 56.7 Å². The number of carbonyl (C=O) groups excluding carboxylic acids is 1. The molecule has 0 saturated carbocycles. The van der Waals surface area contributed by atoms with E-state index in [-0.39, 0.29) is 11.4 Å². The molecule has 0 aliphatic carbocycles. The summed E-state index contributed by atoms with van der Waals surface area (Å²) in [5.41, 5.74) is 6.46. The minimum atomic E-state index is -0.205. The quantitative estimate of drug-likeness (QED) is 0.592. The van der Waals surface area contributed by atoms with E-state index in [0.717, 1.165) is 5.56 Å². The number of benzene rings is 2. The van der Waals surface area contributed by atoms with Crippen molar-refractivity contribution in [3.63, 3.8) is 0 Å². The Morgan fingerprint density at radius 2 is 1.56 bits per heavy atom. The number of ether oxygens (including phenoxy) is 1. The van der Waals surface area contributed by atoms with Crippen molar-refractivity contribution in [3.05, 3.63) is 59.2 Å². The number of carbonyl (C=O) groups is 1. The minimum absolute atomic E-state index is 0.205. The van der Waals surface area contributed by atoms with E-state index in [1.54, 1.807) is 0 Å². The standard InChI is InChI=1S/C23H30O2/c1-6-23(7-2,8-3)20-13-14-21(17(4)15-20)19-11-9-18(10-12-19)16-22(24)25-5/h9-15H,6-8,16H2,1-5H3. The van der Waals surface area contributed by atoms with Crippen LogP contribution in [0.2, 0.25) is 0 Å². The summed E-state index contributed by atoms with van der Waals surface area (Å²) < 4.78 is 4.73. The Hall–Kier alpha value is -2.09. The predicted molar refractivity (Wildman–Crippen MR) is 105 cm³/mol. The first-order chi connectivity index (χ1) is 12.0. The number of hydrogen-bond acceptors (Lipinski definition) is 2. The monoisotopic (exact) mass is 338 g/mol. The van der Waals surface area contributed by atoms with E-state index in [2.05, 4.69) is 58.0 Å². The molecule has 0 spiro atoms. The summed E-state index contributed by atoms with van der Waals surface area (Å²) in [6, 6.07) is 15.1. The molecule has 0 radical (unpaired) electrons. The smallest absolute Gasteiger partial charge is 0.309 e. The Kier molecular flexibility index (Phi) is 6.41. The average molecular weight is 338 g/mol. The molecule has 0 saturated heterocycles. The first-order valence-electron chi connectivity index (χ1n) is 9.26. The van der Waals surface area contributed by atoms with Crippen LogP contribution < -0.4 is 0 Å². The molecule has 2 aromatic rings. The maximum atomic E-state index is 11.4. The van der Waals surface area contributed by atoms with Crippen LogP contribution in [0.4, 0.5) is 0 Å². The second kappa shape index (κ2) is 8.33. The van der Waals surface area contributed by atoms with Crippen molar-refractivity contribution in [2.45, 2.75) is 58.8 Å². The third-order valence-corrected chi connectivity index (χ3v) is 5.71. The normalized spacial score (nSPS) is 11.4. The highest BCUT2D eigenvalue weighted by molar-refractivity contribution is 5.73. The third-order valence-electron chi connectivity index (χ3n) is 5.71.